The maximum absolute atomic E-state index is 11.8. The summed E-state index contributed by atoms with van der Waals surface area (Å²) in [6.45, 7) is 4.63. The summed E-state index contributed by atoms with van der Waals surface area (Å²) >= 11 is 0. The molecule has 24 heavy (non-hydrogen) atoms. The Labute approximate surface area is 145 Å². The fourth-order valence-electron chi connectivity index (χ4n) is 7.91. The molecule has 0 saturated heterocycles. The third-order valence-corrected chi connectivity index (χ3v) is 8.94. The van der Waals surface area contributed by atoms with Crippen molar-refractivity contribution in [2.75, 3.05) is 0 Å². The van der Waals surface area contributed by atoms with Crippen LogP contribution in [0.4, 0.5) is 0 Å². The van der Waals surface area contributed by atoms with Gasteiger partial charge in [-0.15, -0.1) is 0 Å². The molecule has 4 aliphatic carbocycles. The molecule has 3 unspecified atom stereocenters. The predicted octanol–water partition coefficient (Wildman–Crippen LogP) is 3.03. The molecule has 4 aliphatic rings. The Morgan fingerprint density at radius 1 is 1.08 bits per heavy atom. The average Bonchev–Trinajstić information content (AvgIpc) is 2.84. The number of hydrogen-bond donors (Lipinski definition) is 3. The van der Waals surface area contributed by atoms with E-state index in [1.165, 1.54) is 12.8 Å². The molecule has 9 atom stereocenters. The average molecular weight is 335 g/mol. The molecular formula is C20H33NO3. The third-order valence-electron chi connectivity index (χ3n) is 8.94. The number of fused-ring (bicyclic) bond motifs is 5. The number of rotatable bonds is 1. The topological polar surface area (TPSA) is 83.5 Å². The molecular weight excluding hydrogens is 302 g/mol. The van der Waals surface area contributed by atoms with E-state index in [1.807, 2.05) is 0 Å². The van der Waals surface area contributed by atoms with Crippen molar-refractivity contribution in [1.29, 1.82) is 0 Å². The molecule has 0 amide bonds. The van der Waals surface area contributed by atoms with Gasteiger partial charge in [0.25, 0.3) is 0 Å². The fourth-order valence-corrected chi connectivity index (χ4v) is 7.91. The number of aliphatic carboxylic acids is 1. The maximum atomic E-state index is 11.8. The van der Waals surface area contributed by atoms with Crippen molar-refractivity contribution in [3.05, 3.63) is 0 Å². The van der Waals surface area contributed by atoms with E-state index in [0.29, 0.717) is 23.7 Å². The molecule has 136 valence electrons. The summed E-state index contributed by atoms with van der Waals surface area (Å²) in [4.78, 5) is 11.8. The van der Waals surface area contributed by atoms with E-state index in [1.54, 1.807) is 0 Å². The molecule has 4 fully saturated rings. The molecule has 4 heteroatoms. The first-order chi connectivity index (χ1) is 11.3. The number of nitrogens with two attached hydrogens (primary N) is 1. The Kier molecular flexibility index (Phi) is 3.82. The highest BCUT2D eigenvalue weighted by Crippen LogP contribution is 2.67. The lowest BCUT2D eigenvalue weighted by atomic mass is 9.43. The van der Waals surface area contributed by atoms with E-state index in [-0.39, 0.29) is 28.9 Å². The van der Waals surface area contributed by atoms with Crippen LogP contribution < -0.4 is 5.73 Å². The monoisotopic (exact) mass is 335 g/mol. The van der Waals surface area contributed by atoms with E-state index >= 15 is 0 Å². The van der Waals surface area contributed by atoms with Crippen molar-refractivity contribution in [2.45, 2.75) is 77.4 Å². The van der Waals surface area contributed by atoms with Crippen LogP contribution in [0.3, 0.4) is 0 Å². The van der Waals surface area contributed by atoms with Gasteiger partial charge in [-0.1, -0.05) is 13.8 Å². The zero-order valence-corrected chi connectivity index (χ0v) is 15.1. The maximum Gasteiger partial charge on any atom is 0.307 e. The second kappa shape index (κ2) is 5.44. The molecule has 4 saturated carbocycles. The van der Waals surface area contributed by atoms with Crippen molar-refractivity contribution in [1.82, 2.24) is 0 Å². The number of aliphatic hydroxyl groups is 1. The largest absolute Gasteiger partial charge is 0.481 e. The molecule has 4 N–H and O–H groups in total. The Balaban J connectivity index is 1.67. The van der Waals surface area contributed by atoms with Crippen LogP contribution in [0.5, 0.6) is 0 Å². The van der Waals surface area contributed by atoms with Gasteiger partial charge in [-0.05, 0) is 85.9 Å². The van der Waals surface area contributed by atoms with Gasteiger partial charge in [0.15, 0.2) is 0 Å². The summed E-state index contributed by atoms with van der Waals surface area (Å²) in [7, 11) is 0. The quantitative estimate of drug-likeness (QED) is 0.688. The van der Waals surface area contributed by atoms with E-state index in [4.69, 9.17) is 5.73 Å². The first-order valence-electron chi connectivity index (χ1n) is 9.94. The van der Waals surface area contributed by atoms with Crippen molar-refractivity contribution in [2.24, 2.45) is 46.2 Å². The minimum absolute atomic E-state index is 0.110. The van der Waals surface area contributed by atoms with Gasteiger partial charge in [-0.25, -0.2) is 0 Å². The van der Waals surface area contributed by atoms with E-state index in [2.05, 4.69) is 13.8 Å². The second-order valence-corrected chi connectivity index (χ2v) is 9.85. The normalized spacial score (nSPS) is 56.9. The van der Waals surface area contributed by atoms with Crippen LogP contribution in [0.1, 0.15) is 65.2 Å². The van der Waals surface area contributed by atoms with Gasteiger partial charge in [0.2, 0.25) is 0 Å². The molecule has 0 spiro atoms. The number of aliphatic hydroxyl groups excluding tert-OH is 1. The lowest BCUT2D eigenvalue weighted by Gasteiger charge is -2.62. The van der Waals surface area contributed by atoms with Gasteiger partial charge in [-0.2, -0.15) is 0 Å². The molecule has 0 aromatic rings. The van der Waals surface area contributed by atoms with Crippen LogP contribution in [0.2, 0.25) is 0 Å². The minimum atomic E-state index is -0.619. The summed E-state index contributed by atoms with van der Waals surface area (Å²) in [5, 5.41) is 19.8. The molecule has 0 aromatic heterocycles. The van der Waals surface area contributed by atoms with E-state index in [9.17, 15) is 15.0 Å². The van der Waals surface area contributed by atoms with Gasteiger partial charge < -0.3 is 15.9 Å². The Bertz CT molecular complexity index is 537. The number of carboxylic acid groups (broad SMARTS) is 1. The SMILES string of the molecule is C[C@]12CCC(O)C[C@@H]1CC[C@@H]1[C@@H]2C(N)C[C@]2(C)C(C(=O)O)CC[C@@H]12. The lowest BCUT2D eigenvalue weighted by molar-refractivity contribution is -0.156. The second-order valence-electron chi connectivity index (χ2n) is 9.85. The van der Waals surface area contributed by atoms with Crippen LogP contribution in [-0.4, -0.2) is 28.3 Å². The number of hydrogen-bond acceptors (Lipinski definition) is 3. The fraction of sp³-hybridized carbons (Fsp3) is 0.950. The zero-order chi connectivity index (χ0) is 17.3. The molecule has 0 heterocycles. The lowest BCUT2D eigenvalue weighted by Crippen LogP contribution is -2.61. The summed E-state index contributed by atoms with van der Waals surface area (Å²) in [5.74, 6) is 1.37. The summed E-state index contributed by atoms with van der Waals surface area (Å²) in [5.41, 5.74) is 6.88. The summed E-state index contributed by atoms with van der Waals surface area (Å²) in [6, 6.07) is 0.110. The van der Waals surface area contributed by atoms with Crippen LogP contribution in [-0.2, 0) is 4.79 Å². The standard InChI is InChI=1S/C20H33NO3/c1-19-8-7-12(22)9-11(19)3-4-13-14-5-6-15(18(23)24)20(14,2)10-16(21)17(13)19/h11-17,22H,3-10,21H2,1-2H3,(H,23,24)/t11-,12?,13-,14-,15?,16?,17+,19-,20-/m0/s1. The van der Waals surface area contributed by atoms with Crippen LogP contribution >= 0.6 is 0 Å². The Morgan fingerprint density at radius 2 is 1.83 bits per heavy atom. The van der Waals surface area contributed by atoms with Gasteiger partial charge in [-0.3, -0.25) is 4.79 Å². The van der Waals surface area contributed by atoms with Crippen molar-refractivity contribution in [3.8, 4) is 0 Å². The molecule has 0 aliphatic heterocycles. The minimum Gasteiger partial charge on any atom is -0.481 e. The van der Waals surface area contributed by atoms with Crippen molar-refractivity contribution < 1.29 is 15.0 Å². The highest BCUT2D eigenvalue weighted by Gasteiger charge is 2.63. The van der Waals surface area contributed by atoms with E-state index in [0.717, 1.165) is 38.5 Å². The summed E-state index contributed by atoms with van der Waals surface area (Å²) in [6.07, 6.45) is 7.90. The van der Waals surface area contributed by atoms with Crippen LogP contribution in [0.25, 0.3) is 0 Å². The van der Waals surface area contributed by atoms with Gasteiger partial charge in [0, 0.05) is 6.04 Å². The Morgan fingerprint density at radius 3 is 2.54 bits per heavy atom. The first kappa shape index (κ1) is 16.8. The third kappa shape index (κ3) is 2.14. The van der Waals surface area contributed by atoms with Gasteiger partial charge in [0.05, 0.1) is 12.0 Å². The molecule has 4 rings (SSSR count). The van der Waals surface area contributed by atoms with Gasteiger partial charge >= 0.3 is 5.97 Å². The zero-order valence-electron chi connectivity index (χ0n) is 15.1. The predicted molar refractivity (Wildman–Crippen MR) is 92.2 cm³/mol. The number of carboxylic acids is 1. The van der Waals surface area contributed by atoms with Gasteiger partial charge in [0.1, 0.15) is 0 Å². The molecule has 0 radical (unpaired) electrons. The van der Waals surface area contributed by atoms with Crippen LogP contribution in [0, 0.1) is 40.4 Å². The molecule has 4 nitrogen and oxygen atoms in total. The van der Waals surface area contributed by atoms with Crippen molar-refractivity contribution >= 4 is 5.97 Å². The van der Waals surface area contributed by atoms with Crippen molar-refractivity contribution in [3.63, 3.8) is 0 Å². The molecule has 0 bridgehead atoms. The molecule has 0 aromatic carbocycles. The summed E-state index contributed by atoms with van der Waals surface area (Å²) < 4.78 is 0. The smallest absolute Gasteiger partial charge is 0.307 e. The number of carbonyl (C=O) groups is 1. The first-order valence-corrected chi connectivity index (χ1v) is 9.94. The Hall–Kier alpha value is -0.610. The highest BCUT2D eigenvalue weighted by atomic mass is 16.4. The van der Waals surface area contributed by atoms with E-state index < -0.39 is 5.97 Å². The van der Waals surface area contributed by atoms with Crippen LogP contribution in [0.15, 0.2) is 0 Å². The highest BCUT2D eigenvalue weighted by molar-refractivity contribution is 5.71.